The van der Waals surface area contributed by atoms with Crippen LogP contribution in [0.1, 0.15) is 51.0 Å². The van der Waals surface area contributed by atoms with Crippen molar-refractivity contribution in [2.24, 2.45) is 10.9 Å². The van der Waals surface area contributed by atoms with Gasteiger partial charge in [0.1, 0.15) is 5.84 Å². The van der Waals surface area contributed by atoms with Crippen LogP contribution in [0.5, 0.6) is 0 Å². The second-order valence-corrected chi connectivity index (χ2v) is 7.29. The summed E-state index contributed by atoms with van der Waals surface area (Å²) in [7, 11) is 0. The van der Waals surface area contributed by atoms with Crippen molar-refractivity contribution in [2.45, 2.75) is 57.3 Å². The molecule has 0 bridgehead atoms. The van der Waals surface area contributed by atoms with Gasteiger partial charge >= 0.3 is 11.8 Å². The van der Waals surface area contributed by atoms with Crippen LogP contribution in [-0.4, -0.2) is 40.9 Å². The molecule has 28 heavy (non-hydrogen) atoms. The molecule has 2 amide bonds. The molecule has 0 radical (unpaired) electrons. The highest BCUT2D eigenvalue weighted by molar-refractivity contribution is 6.16. The summed E-state index contributed by atoms with van der Waals surface area (Å²) in [6, 6.07) is 8.27. The van der Waals surface area contributed by atoms with Gasteiger partial charge in [-0.05, 0) is 19.3 Å². The average Bonchev–Trinajstić information content (AvgIpc) is 2.97. The molecule has 8 heteroatoms. The summed E-state index contributed by atoms with van der Waals surface area (Å²) >= 11 is 0. The van der Waals surface area contributed by atoms with Crippen molar-refractivity contribution in [3.05, 3.63) is 35.9 Å². The lowest BCUT2D eigenvalue weighted by Crippen LogP contribution is -2.64. The molecule has 0 saturated heterocycles. The van der Waals surface area contributed by atoms with Gasteiger partial charge in [0.15, 0.2) is 0 Å². The molecule has 5 nitrogen and oxygen atoms in total. The second kappa shape index (κ2) is 7.93. The average molecular weight is 395 g/mol. The number of rotatable bonds is 5. The van der Waals surface area contributed by atoms with E-state index in [-0.39, 0.29) is 12.4 Å². The minimum absolute atomic E-state index is 0.0614. The van der Waals surface area contributed by atoms with Gasteiger partial charge in [-0.2, -0.15) is 13.2 Å². The first-order valence-electron chi connectivity index (χ1n) is 9.66. The van der Waals surface area contributed by atoms with Crippen molar-refractivity contribution >= 4 is 17.6 Å². The van der Waals surface area contributed by atoms with E-state index in [0.29, 0.717) is 24.8 Å². The number of nitrogens with zero attached hydrogens (tertiary/aromatic N) is 2. The topological polar surface area (TPSA) is 61.8 Å². The molecule has 0 unspecified atom stereocenters. The van der Waals surface area contributed by atoms with Gasteiger partial charge in [-0.15, -0.1) is 0 Å². The Morgan fingerprint density at radius 2 is 1.86 bits per heavy atom. The maximum absolute atomic E-state index is 14.1. The largest absolute Gasteiger partial charge is 0.442 e. The van der Waals surface area contributed by atoms with Crippen molar-refractivity contribution in [1.29, 1.82) is 0 Å². The Morgan fingerprint density at radius 1 is 1.21 bits per heavy atom. The fourth-order valence-electron chi connectivity index (χ4n) is 3.78. The van der Waals surface area contributed by atoms with Crippen molar-refractivity contribution in [2.75, 3.05) is 6.54 Å². The number of amidine groups is 1. The van der Waals surface area contributed by atoms with E-state index in [4.69, 9.17) is 0 Å². The minimum Gasteiger partial charge on any atom is -0.316 e. The molecular formula is C20H24F3N3O2. The van der Waals surface area contributed by atoms with Crippen LogP contribution >= 0.6 is 0 Å². The zero-order chi connectivity index (χ0) is 20.4. The molecule has 3 rings (SSSR count). The summed E-state index contributed by atoms with van der Waals surface area (Å²) in [6.07, 6.45) is -0.965. The van der Waals surface area contributed by atoms with Gasteiger partial charge in [0.2, 0.25) is 5.91 Å². The number of aliphatic imine (C=N–C) groups is 1. The number of hydrogen-bond acceptors (Lipinski definition) is 3. The zero-order valence-corrected chi connectivity index (χ0v) is 15.8. The number of amides is 2. The first-order chi connectivity index (χ1) is 13.3. The van der Waals surface area contributed by atoms with E-state index in [1.54, 1.807) is 37.3 Å². The molecule has 2 aliphatic rings. The van der Waals surface area contributed by atoms with E-state index in [1.165, 1.54) is 0 Å². The van der Waals surface area contributed by atoms with Crippen LogP contribution in [-0.2, 0) is 9.59 Å². The van der Waals surface area contributed by atoms with Crippen LogP contribution in [0.25, 0.3) is 0 Å². The molecule has 1 aliphatic heterocycles. The Morgan fingerprint density at radius 3 is 2.43 bits per heavy atom. The smallest absolute Gasteiger partial charge is 0.316 e. The molecular weight excluding hydrogens is 371 g/mol. The normalized spacial score (nSPS) is 23.6. The third-order valence-electron chi connectivity index (χ3n) is 5.25. The monoisotopic (exact) mass is 395 g/mol. The Balaban J connectivity index is 2.02. The van der Waals surface area contributed by atoms with Crippen molar-refractivity contribution in [3.8, 4) is 0 Å². The van der Waals surface area contributed by atoms with Gasteiger partial charge in [0, 0.05) is 18.0 Å². The lowest BCUT2D eigenvalue weighted by atomic mass is 9.88. The van der Waals surface area contributed by atoms with Gasteiger partial charge in [0.25, 0.3) is 5.91 Å². The molecule has 0 spiro atoms. The van der Waals surface area contributed by atoms with Gasteiger partial charge in [-0.25, -0.2) is 4.99 Å². The number of halogens is 3. The third kappa shape index (κ3) is 3.64. The number of alkyl halides is 3. The van der Waals surface area contributed by atoms with Gasteiger partial charge in [0.05, 0.1) is 0 Å². The Kier molecular flexibility index (Phi) is 5.76. The second-order valence-electron chi connectivity index (χ2n) is 7.29. The predicted molar refractivity (Wildman–Crippen MR) is 98.5 cm³/mol. The van der Waals surface area contributed by atoms with Crippen molar-refractivity contribution in [1.82, 2.24) is 10.2 Å². The molecule has 1 fully saturated rings. The van der Waals surface area contributed by atoms with E-state index >= 15 is 0 Å². The highest BCUT2D eigenvalue weighted by Gasteiger charge is 2.67. The minimum atomic E-state index is -5.04. The fourth-order valence-corrected chi connectivity index (χ4v) is 3.78. The Hall–Kier alpha value is -2.38. The number of benzene rings is 1. The molecule has 1 heterocycles. The van der Waals surface area contributed by atoms with E-state index < -0.39 is 29.6 Å². The number of nitrogens with one attached hydrogen (secondary N) is 1. The molecule has 1 aromatic rings. The Bertz CT molecular complexity index is 758. The van der Waals surface area contributed by atoms with E-state index in [9.17, 15) is 22.8 Å². The standard InChI is InChI=1S/C20H24F3N3O2/c1-2-13-26-16(14-9-5-3-6-10-14)24-19(18(26)28,20(21,22)23)25-17(27)15-11-7-4-8-12-15/h3,5-6,9-10,15H,2,4,7-8,11-13H2,1H3,(H,25,27)/t19-/m1/s1. The van der Waals surface area contributed by atoms with Crippen LogP contribution < -0.4 is 5.32 Å². The summed E-state index contributed by atoms with van der Waals surface area (Å²) in [5.41, 5.74) is -2.86. The van der Waals surface area contributed by atoms with Gasteiger partial charge < -0.3 is 5.32 Å². The quantitative estimate of drug-likeness (QED) is 0.827. The molecule has 1 N–H and O–H groups in total. The van der Waals surface area contributed by atoms with E-state index in [1.807, 2.05) is 5.32 Å². The number of carbonyl (C=O) groups is 2. The SMILES string of the molecule is CCCN1C(=O)[C@@](NC(=O)C2CCCCC2)(C(F)(F)F)N=C1c1ccccc1. The summed E-state index contributed by atoms with van der Waals surface area (Å²) in [6.45, 7) is 1.85. The molecule has 152 valence electrons. The zero-order valence-electron chi connectivity index (χ0n) is 15.8. The van der Waals surface area contributed by atoms with Crippen molar-refractivity contribution < 1.29 is 22.8 Å². The number of carbonyl (C=O) groups excluding carboxylic acids is 2. The van der Waals surface area contributed by atoms with Crippen molar-refractivity contribution in [3.63, 3.8) is 0 Å². The summed E-state index contributed by atoms with van der Waals surface area (Å²) in [5, 5.41) is 2.00. The highest BCUT2D eigenvalue weighted by atomic mass is 19.4. The fraction of sp³-hybridized carbons (Fsp3) is 0.550. The van der Waals surface area contributed by atoms with Crippen LogP contribution in [0.15, 0.2) is 35.3 Å². The molecule has 0 aromatic heterocycles. The van der Waals surface area contributed by atoms with E-state index in [2.05, 4.69) is 4.99 Å². The van der Waals surface area contributed by atoms with E-state index in [0.717, 1.165) is 24.2 Å². The third-order valence-corrected chi connectivity index (χ3v) is 5.25. The van der Waals surface area contributed by atoms with Crippen LogP contribution in [0.2, 0.25) is 0 Å². The van der Waals surface area contributed by atoms with Crippen LogP contribution in [0.3, 0.4) is 0 Å². The van der Waals surface area contributed by atoms with Gasteiger partial charge in [-0.1, -0.05) is 56.5 Å². The molecule has 1 atom stereocenters. The van der Waals surface area contributed by atoms with Gasteiger partial charge in [-0.3, -0.25) is 14.5 Å². The Labute approximate surface area is 162 Å². The summed E-state index contributed by atoms with van der Waals surface area (Å²) < 4.78 is 42.4. The summed E-state index contributed by atoms with van der Waals surface area (Å²) in [4.78, 5) is 30.4. The summed E-state index contributed by atoms with van der Waals surface area (Å²) in [5.74, 6) is -2.57. The van der Waals surface area contributed by atoms with Crippen LogP contribution in [0.4, 0.5) is 13.2 Å². The maximum atomic E-state index is 14.1. The predicted octanol–water partition coefficient (Wildman–Crippen LogP) is 3.64. The first kappa shape index (κ1) is 20.4. The molecule has 1 aliphatic carbocycles. The first-order valence-corrected chi connectivity index (χ1v) is 9.66. The highest BCUT2D eigenvalue weighted by Crippen LogP contribution is 2.39. The molecule has 1 saturated carbocycles. The lowest BCUT2D eigenvalue weighted by Gasteiger charge is -2.31. The maximum Gasteiger partial charge on any atom is 0.442 e. The van der Waals surface area contributed by atoms with Crippen LogP contribution in [0, 0.1) is 5.92 Å². The molecule has 1 aromatic carbocycles. The number of hydrogen-bond donors (Lipinski definition) is 1. The lowest BCUT2D eigenvalue weighted by molar-refractivity contribution is -0.200.